The highest BCUT2D eigenvalue weighted by molar-refractivity contribution is 5.87. The highest BCUT2D eigenvalue weighted by atomic mass is 16.2. The van der Waals surface area contributed by atoms with Gasteiger partial charge in [-0.25, -0.2) is 4.98 Å². The fourth-order valence-electron chi connectivity index (χ4n) is 1.75. The van der Waals surface area contributed by atoms with Gasteiger partial charge in [-0.3, -0.25) is 9.89 Å². The van der Waals surface area contributed by atoms with Crippen molar-refractivity contribution in [2.75, 3.05) is 0 Å². The lowest BCUT2D eigenvalue weighted by Gasteiger charge is -2.25. The van der Waals surface area contributed by atoms with Crippen molar-refractivity contribution in [3.8, 4) is 0 Å². The van der Waals surface area contributed by atoms with E-state index in [0.717, 1.165) is 5.56 Å². The van der Waals surface area contributed by atoms with Crippen molar-refractivity contribution in [2.45, 2.75) is 25.4 Å². The summed E-state index contributed by atoms with van der Waals surface area (Å²) < 4.78 is 0. The number of amides is 1. The topological polar surface area (TPSA) is 96.7 Å². The number of nitrogens with zero attached hydrogens (tertiary/aromatic N) is 2. The van der Waals surface area contributed by atoms with E-state index < -0.39 is 5.54 Å². The summed E-state index contributed by atoms with van der Waals surface area (Å²) in [6.45, 7) is 3.50. The maximum absolute atomic E-state index is 12.3. The van der Waals surface area contributed by atoms with Crippen molar-refractivity contribution in [3.05, 3.63) is 48.0 Å². The minimum absolute atomic E-state index is 0.261. The molecule has 0 radical (unpaired) electrons. The molecular formula is C13H17N5O. The SMILES string of the molecule is CC(NC(=O)C(C)(N)c1ccccc1)c1ncn[nH]1. The molecule has 6 nitrogen and oxygen atoms in total. The Hall–Kier alpha value is -2.21. The van der Waals surface area contributed by atoms with E-state index in [-0.39, 0.29) is 11.9 Å². The fourth-order valence-corrected chi connectivity index (χ4v) is 1.75. The van der Waals surface area contributed by atoms with Gasteiger partial charge < -0.3 is 11.1 Å². The third-order valence-corrected chi connectivity index (χ3v) is 3.04. The van der Waals surface area contributed by atoms with Crippen molar-refractivity contribution in [1.29, 1.82) is 0 Å². The zero-order valence-electron chi connectivity index (χ0n) is 10.9. The van der Waals surface area contributed by atoms with Gasteiger partial charge in [0.25, 0.3) is 0 Å². The molecule has 0 aliphatic heterocycles. The second-order valence-corrected chi connectivity index (χ2v) is 4.63. The molecule has 0 bridgehead atoms. The molecule has 0 spiro atoms. The first-order valence-corrected chi connectivity index (χ1v) is 6.02. The van der Waals surface area contributed by atoms with Crippen LogP contribution in [0, 0.1) is 0 Å². The van der Waals surface area contributed by atoms with Crippen LogP contribution in [0.2, 0.25) is 0 Å². The molecule has 0 fully saturated rings. The van der Waals surface area contributed by atoms with Gasteiger partial charge in [0.1, 0.15) is 17.7 Å². The average molecular weight is 259 g/mol. The first-order chi connectivity index (χ1) is 9.01. The smallest absolute Gasteiger partial charge is 0.244 e. The summed E-state index contributed by atoms with van der Waals surface area (Å²) in [7, 11) is 0. The van der Waals surface area contributed by atoms with E-state index in [1.165, 1.54) is 6.33 Å². The van der Waals surface area contributed by atoms with E-state index in [4.69, 9.17) is 5.73 Å². The molecule has 2 aromatic rings. The van der Waals surface area contributed by atoms with E-state index in [2.05, 4.69) is 20.5 Å². The number of carbonyl (C=O) groups excluding carboxylic acids is 1. The second-order valence-electron chi connectivity index (χ2n) is 4.63. The first kappa shape index (κ1) is 13.2. The van der Waals surface area contributed by atoms with Gasteiger partial charge in [0.15, 0.2) is 0 Å². The average Bonchev–Trinajstić information content (AvgIpc) is 2.93. The molecule has 0 saturated carbocycles. The van der Waals surface area contributed by atoms with Crippen molar-refractivity contribution < 1.29 is 4.79 Å². The van der Waals surface area contributed by atoms with Gasteiger partial charge >= 0.3 is 0 Å². The Bertz CT molecular complexity index is 535. The highest BCUT2D eigenvalue weighted by Crippen LogP contribution is 2.18. The Balaban J connectivity index is 2.11. The van der Waals surface area contributed by atoms with Crippen LogP contribution in [0.4, 0.5) is 0 Å². The van der Waals surface area contributed by atoms with Gasteiger partial charge in [0.2, 0.25) is 5.91 Å². The van der Waals surface area contributed by atoms with Crippen molar-refractivity contribution >= 4 is 5.91 Å². The minimum atomic E-state index is -1.09. The third kappa shape index (κ3) is 2.79. The van der Waals surface area contributed by atoms with Crippen molar-refractivity contribution in [2.24, 2.45) is 5.73 Å². The Labute approximate surface area is 111 Å². The third-order valence-electron chi connectivity index (χ3n) is 3.04. The number of hydrogen-bond acceptors (Lipinski definition) is 4. The van der Waals surface area contributed by atoms with E-state index in [1.54, 1.807) is 6.92 Å². The van der Waals surface area contributed by atoms with Crippen molar-refractivity contribution in [3.63, 3.8) is 0 Å². The molecule has 0 saturated heterocycles. The van der Waals surface area contributed by atoms with Gasteiger partial charge in [-0.2, -0.15) is 5.10 Å². The Kier molecular flexibility index (Phi) is 3.62. The maximum atomic E-state index is 12.3. The lowest BCUT2D eigenvalue weighted by Crippen LogP contribution is -2.49. The summed E-state index contributed by atoms with van der Waals surface area (Å²) in [6, 6.07) is 8.98. The quantitative estimate of drug-likeness (QED) is 0.758. The molecule has 1 aromatic carbocycles. The molecule has 1 amide bonds. The van der Waals surface area contributed by atoms with Crippen LogP contribution >= 0.6 is 0 Å². The van der Waals surface area contributed by atoms with E-state index in [1.807, 2.05) is 37.3 Å². The standard InChI is InChI=1S/C13H17N5O/c1-9(11-15-8-16-18-11)17-12(19)13(2,14)10-6-4-3-5-7-10/h3-9H,14H2,1-2H3,(H,17,19)(H,15,16,18). The minimum Gasteiger partial charge on any atom is -0.344 e. The number of H-pyrrole nitrogens is 1. The van der Waals surface area contributed by atoms with Gasteiger partial charge in [-0.05, 0) is 19.4 Å². The van der Waals surface area contributed by atoms with Gasteiger partial charge in [-0.15, -0.1) is 0 Å². The predicted molar refractivity (Wildman–Crippen MR) is 70.9 cm³/mol. The lowest BCUT2D eigenvalue weighted by atomic mass is 9.92. The zero-order valence-corrected chi connectivity index (χ0v) is 10.9. The number of nitrogens with one attached hydrogen (secondary N) is 2. The number of hydrogen-bond donors (Lipinski definition) is 3. The van der Waals surface area contributed by atoms with Crippen LogP contribution in [0.3, 0.4) is 0 Å². The Morgan fingerprint density at radius 1 is 1.42 bits per heavy atom. The van der Waals surface area contributed by atoms with Gasteiger partial charge in [0, 0.05) is 0 Å². The van der Waals surface area contributed by atoms with Crippen LogP contribution in [0.5, 0.6) is 0 Å². The van der Waals surface area contributed by atoms with Gasteiger partial charge in [-0.1, -0.05) is 30.3 Å². The van der Waals surface area contributed by atoms with Gasteiger partial charge in [0.05, 0.1) is 6.04 Å². The lowest BCUT2D eigenvalue weighted by molar-refractivity contribution is -0.126. The first-order valence-electron chi connectivity index (χ1n) is 6.02. The highest BCUT2D eigenvalue weighted by Gasteiger charge is 2.31. The summed E-state index contributed by atoms with van der Waals surface area (Å²) in [5, 5.41) is 9.29. The van der Waals surface area contributed by atoms with Crippen LogP contribution in [0.1, 0.15) is 31.3 Å². The number of aromatic nitrogens is 3. The zero-order chi connectivity index (χ0) is 13.9. The fraction of sp³-hybridized carbons (Fsp3) is 0.308. The van der Waals surface area contributed by atoms with E-state index in [9.17, 15) is 4.79 Å². The number of benzene rings is 1. The summed E-state index contributed by atoms with van der Waals surface area (Å²) in [4.78, 5) is 16.3. The van der Waals surface area contributed by atoms with E-state index >= 15 is 0 Å². The van der Waals surface area contributed by atoms with Crippen molar-refractivity contribution in [1.82, 2.24) is 20.5 Å². The summed E-state index contributed by atoms with van der Waals surface area (Å²) in [5.41, 5.74) is 5.80. The van der Waals surface area contributed by atoms with E-state index in [0.29, 0.717) is 5.82 Å². The second kappa shape index (κ2) is 5.19. The molecule has 0 aliphatic carbocycles. The molecule has 100 valence electrons. The number of carbonyl (C=O) groups is 1. The normalized spacial score (nSPS) is 15.5. The predicted octanol–water partition coefficient (Wildman–Crippen LogP) is 0.856. The summed E-state index contributed by atoms with van der Waals surface area (Å²) in [5.74, 6) is 0.333. The molecule has 1 aromatic heterocycles. The van der Waals surface area contributed by atoms with Crippen LogP contribution in [-0.2, 0) is 10.3 Å². The number of rotatable bonds is 4. The van der Waals surface area contributed by atoms with Crippen LogP contribution in [0.25, 0.3) is 0 Å². The maximum Gasteiger partial charge on any atom is 0.244 e. The largest absolute Gasteiger partial charge is 0.344 e. The summed E-state index contributed by atoms with van der Waals surface area (Å²) in [6.07, 6.45) is 1.40. The summed E-state index contributed by atoms with van der Waals surface area (Å²) >= 11 is 0. The molecule has 2 atom stereocenters. The number of aromatic amines is 1. The molecular weight excluding hydrogens is 242 g/mol. The molecule has 19 heavy (non-hydrogen) atoms. The monoisotopic (exact) mass is 259 g/mol. The molecule has 6 heteroatoms. The van der Waals surface area contributed by atoms with Crippen LogP contribution in [0.15, 0.2) is 36.7 Å². The molecule has 1 heterocycles. The Morgan fingerprint density at radius 2 is 2.11 bits per heavy atom. The number of nitrogens with two attached hydrogens (primary N) is 1. The van der Waals surface area contributed by atoms with Crippen LogP contribution in [-0.4, -0.2) is 21.1 Å². The molecule has 2 unspecified atom stereocenters. The molecule has 0 aliphatic rings. The molecule has 4 N–H and O–H groups in total. The van der Waals surface area contributed by atoms with Crippen LogP contribution < -0.4 is 11.1 Å². The Morgan fingerprint density at radius 3 is 2.68 bits per heavy atom. The molecule has 2 rings (SSSR count).